The lowest BCUT2D eigenvalue weighted by molar-refractivity contribution is -0.131. The largest absolute Gasteiger partial charge is 0.376 e. The molecule has 2 amide bonds. The van der Waals surface area contributed by atoms with Gasteiger partial charge in [0.1, 0.15) is 0 Å². The maximum Gasteiger partial charge on any atom is 0.244 e. The van der Waals surface area contributed by atoms with Crippen LogP contribution in [0.1, 0.15) is 11.4 Å². The van der Waals surface area contributed by atoms with Crippen LogP contribution in [0.2, 0.25) is 5.02 Å². The fourth-order valence-electron chi connectivity index (χ4n) is 2.77. The molecule has 1 heterocycles. The van der Waals surface area contributed by atoms with E-state index in [9.17, 15) is 9.59 Å². The number of hydrogen-bond donors (Lipinski definition) is 2. The van der Waals surface area contributed by atoms with Crippen molar-refractivity contribution in [3.63, 3.8) is 0 Å². The molecule has 0 atom stereocenters. The van der Waals surface area contributed by atoms with Crippen LogP contribution in [0.4, 0.5) is 11.4 Å². The van der Waals surface area contributed by atoms with Gasteiger partial charge >= 0.3 is 0 Å². The second kappa shape index (κ2) is 9.36. The maximum absolute atomic E-state index is 12.4. The molecule has 30 heavy (non-hydrogen) atoms. The van der Waals surface area contributed by atoms with Gasteiger partial charge in [-0.1, -0.05) is 29.8 Å². The summed E-state index contributed by atoms with van der Waals surface area (Å²) in [4.78, 5) is 26.0. The first-order valence-corrected chi connectivity index (χ1v) is 9.61. The standard InChI is InChI=1S/C20H22ClN7O2/c1-13-8-9-15(10-18(13)28-14(2)24-25-26-28)22-11-20(30)27(3)12-19(29)23-17-7-5-4-6-16(17)21/h4-10,22H,11-12H2,1-3H3,(H,23,29). The number of amides is 2. The number of nitrogens with zero attached hydrogens (tertiary/aromatic N) is 5. The van der Waals surface area contributed by atoms with E-state index in [2.05, 4.69) is 26.2 Å². The minimum atomic E-state index is -0.328. The maximum atomic E-state index is 12.4. The summed E-state index contributed by atoms with van der Waals surface area (Å²) in [6.07, 6.45) is 0. The summed E-state index contributed by atoms with van der Waals surface area (Å²) >= 11 is 6.04. The summed E-state index contributed by atoms with van der Waals surface area (Å²) in [5.74, 6) is 0.103. The Hall–Kier alpha value is -3.46. The van der Waals surface area contributed by atoms with Gasteiger partial charge in [-0.25, -0.2) is 0 Å². The number of rotatable bonds is 7. The highest BCUT2D eigenvalue weighted by Crippen LogP contribution is 2.21. The lowest BCUT2D eigenvalue weighted by Crippen LogP contribution is -2.38. The van der Waals surface area contributed by atoms with Crippen molar-refractivity contribution in [3.8, 4) is 5.69 Å². The molecule has 10 heteroatoms. The van der Waals surface area contributed by atoms with Crippen molar-refractivity contribution in [1.29, 1.82) is 0 Å². The molecule has 2 aromatic carbocycles. The van der Waals surface area contributed by atoms with Crippen LogP contribution < -0.4 is 10.6 Å². The van der Waals surface area contributed by atoms with Crippen molar-refractivity contribution >= 4 is 34.8 Å². The topological polar surface area (TPSA) is 105 Å². The fraction of sp³-hybridized carbons (Fsp3) is 0.250. The lowest BCUT2D eigenvalue weighted by atomic mass is 10.2. The van der Waals surface area contributed by atoms with E-state index >= 15 is 0 Å². The second-order valence-corrected chi connectivity index (χ2v) is 7.18. The van der Waals surface area contributed by atoms with Crippen LogP contribution in [0.25, 0.3) is 5.69 Å². The van der Waals surface area contributed by atoms with Gasteiger partial charge in [0.05, 0.1) is 29.5 Å². The molecule has 0 radical (unpaired) electrons. The molecular weight excluding hydrogens is 406 g/mol. The number of aromatic nitrogens is 4. The molecule has 0 saturated carbocycles. The molecular formula is C20H22ClN7O2. The smallest absolute Gasteiger partial charge is 0.244 e. The Morgan fingerprint density at radius 3 is 2.63 bits per heavy atom. The van der Waals surface area contributed by atoms with E-state index in [1.807, 2.05) is 32.0 Å². The van der Waals surface area contributed by atoms with Crippen LogP contribution in [0, 0.1) is 13.8 Å². The number of likely N-dealkylation sites (N-methyl/N-ethyl adjacent to an activating group) is 1. The molecule has 0 saturated heterocycles. The Balaban J connectivity index is 1.57. The van der Waals surface area contributed by atoms with E-state index in [-0.39, 0.29) is 24.9 Å². The van der Waals surface area contributed by atoms with Crippen LogP contribution in [0.3, 0.4) is 0 Å². The highest BCUT2D eigenvalue weighted by atomic mass is 35.5. The normalized spacial score (nSPS) is 10.5. The number of anilines is 2. The molecule has 2 N–H and O–H groups in total. The number of carbonyl (C=O) groups is 2. The van der Waals surface area contributed by atoms with Crippen molar-refractivity contribution < 1.29 is 9.59 Å². The van der Waals surface area contributed by atoms with Crippen molar-refractivity contribution in [1.82, 2.24) is 25.1 Å². The van der Waals surface area contributed by atoms with E-state index in [0.29, 0.717) is 16.5 Å². The summed E-state index contributed by atoms with van der Waals surface area (Å²) in [6, 6.07) is 12.6. The van der Waals surface area contributed by atoms with E-state index in [4.69, 9.17) is 11.6 Å². The third-order valence-electron chi connectivity index (χ3n) is 4.46. The number of tetrazole rings is 1. The Kier molecular flexibility index (Phi) is 6.63. The van der Waals surface area contributed by atoms with Gasteiger partial charge in [-0.3, -0.25) is 9.59 Å². The molecule has 0 spiro atoms. The van der Waals surface area contributed by atoms with Gasteiger partial charge < -0.3 is 15.5 Å². The summed E-state index contributed by atoms with van der Waals surface area (Å²) in [5.41, 5.74) is 3.07. The Bertz CT molecular complexity index is 1070. The zero-order valence-corrected chi connectivity index (χ0v) is 17.6. The van der Waals surface area contributed by atoms with E-state index in [1.54, 1.807) is 36.0 Å². The molecule has 3 rings (SSSR count). The number of nitrogens with one attached hydrogen (secondary N) is 2. The number of benzene rings is 2. The molecule has 0 aliphatic carbocycles. The summed E-state index contributed by atoms with van der Waals surface area (Å²) in [7, 11) is 1.57. The number of para-hydroxylation sites is 1. The number of halogens is 1. The number of aryl methyl sites for hydroxylation is 2. The minimum absolute atomic E-state index is 0.0347. The van der Waals surface area contributed by atoms with Gasteiger partial charge in [-0.05, 0) is 54.1 Å². The molecule has 3 aromatic rings. The SMILES string of the molecule is Cc1ccc(NCC(=O)N(C)CC(=O)Nc2ccccc2Cl)cc1-n1nnnc1C. The molecule has 156 valence electrons. The average molecular weight is 428 g/mol. The first-order chi connectivity index (χ1) is 14.3. The summed E-state index contributed by atoms with van der Waals surface area (Å²) in [6.45, 7) is 3.71. The molecule has 9 nitrogen and oxygen atoms in total. The molecule has 0 fully saturated rings. The zero-order valence-electron chi connectivity index (χ0n) is 16.9. The van der Waals surface area contributed by atoms with Gasteiger partial charge in [0.2, 0.25) is 11.8 Å². The Morgan fingerprint density at radius 2 is 1.93 bits per heavy atom. The van der Waals surface area contributed by atoms with Crippen LogP contribution in [0.15, 0.2) is 42.5 Å². The minimum Gasteiger partial charge on any atom is -0.376 e. The zero-order chi connectivity index (χ0) is 21.7. The molecule has 0 unspecified atom stereocenters. The van der Waals surface area contributed by atoms with Crippen molar-refractivity contribution in [2.45, 2.75) is 13.8 Å². The monoisotopic (exact) mass is 427 g/mol. The van der Waals surface area contributed by atoms with E-state index < -0.39 is 0 Å². The average Bonchev–Trinajstić information content (AvgIpc) is 3.14. The predicted molar refractivity (Wildman–Crippen MR) is 115 cm³/mol. The fourth-order valence-corrected chi connectivity index (χ4v) is 2.95. The predicted octanol–water partition coefficient (Wildman–Crippen LogP) is 2.44. The van der Waals surface area contributed by atoms with E-state index in [1.165, 1.54) is 4.90 Å². The summed E-state index contributed by atoms with van der Waals surface area (Å²) in [5, 5.41) is 17.8. The highest BCUT2D eigenvalue weighted by Gasteiger charge is 2.14. The van der Waals surface area contributed by atoms with Gasteiger partial charge in [-0.15, -0.1) is 5.10 Å². The summed E-state index contributed by atoms with van der Waals surface area (Å²) < 4.78 is 1.63. The first-order valence-electron chi connectivity index (χ1n) is 9.23. The van der Waals surface area contributed by atoms with Gasteiger partial charge in [-0.2, -0.15) is 4.68 Å². The van der Waals surface area contributed by atoms with Gasteiger partial charge in [0.15, 0.2) is 5.82 Å². The van der Waals surface area contributed by atoms with Crippen LogP contribution in [-0.4, -0.2) is 57.1 Å². The van der Waals surface area contributed by atoms with Gasteiger partial charge in [0.25, 0.3) is 0 Å². The second-order valence-electron chi connectivity index (χ2n) is 6.77. The van der Waals surface area contributed by atoms with Crippen molar-refractivity contribution in [2.75, 3.05) is 30.8 Å². The quantitative estimate of drug-likeness (QED) is 0.600. The van der Waals surface area contributed by atoms with E-state index in [0.717, 1.165) is 16.9 Å². The van der Waals surface area contributed by atoms with Crippen LogP contribution in [0.5, 0.6) is 0 Å². The molecule has 0 aliphatic heterocycles. The highest BCUT2D eigenvalue weighted by molar-refractivity contribution is 6.33. The van der Waals surface area contributed by atoms with Crippen molar-refractivity contribution in [3.05, 3.63) is 58.9 Å². The third kappa shape index (κ3) is 5.12. The first kappa shape index (κ1) is 21.3. The molecule has 0 bridgehead atoms. The van der Waals surface area contributed by atoms with Crippen LogP contribution in [-0.2, 0) is 9.59 Å². The number of carbonyl (C=O) groups excluding carboxylic acids is 2. The molecule has 0 aliphatic rings. The Morgan fingerprint density at radius 1 is 1.17 bits per heavy atom. The lowest BCUT2D eigenvalue weighted by Gasteiger charge is -2.18. The molecule has 1 aromatic heterocycles. The Labute approximate surface area is 179 Å². The van der Waals surface area contributed by atoms with Gasteiger partial charge in [0, 0.05) is 12.7 Å². The van der Waals surface area contributed by atoms with Crippen LogP contribution >= 0.6 is 11.6 Å². The number of hydrogen-bond acceptors (Lipinski definition) is 6. The third-order valence-corrected chi connectivity index (χ3v) is 4.79. The van der Waals surface area contributed by atoms with Crippen molar-refractivity contribution in [2.24, 2.45) is 0 Å².